The van der Waals surface area contributed by atoms with E-state index in [9.17, 15) is 5.11 Å². The van der Waals surface area contributed by atoms with Gasteiger partial charge in [0.1, 0.15) is 0 Å². The van der Waals surface area contributed by atoms with Crippen LogP contribution in [0, 0.1) is 0 Å². The molecule has 0 aliphatic carbocycles. The molecular formula is C12H27NO3. The van der Waals surface area contributed by atoms with Crippen LogP contribution in [0.2, 0.25) is 0 Å². The molecule has 0 saturated carbocycles. The Balaban J connectivity index is 3.57. The quantitative estimate of drug-likeness (QED) is 0.562. The van der Waals surface area contributed by atoms with Gasteiger partial charge in [-0.25, -0.2) is 0 Å². The number of aliphatic hydroxyl groups is 1. The maximum Gasteiger partial charge on any atom is 0.0785 e. The van der Waals surface area contributed by atoms with Crippen LogP contribution in [0.3, 0.4) is 0 Å². The van der Waals surface area contributed by atoms with E-state index in [1.807, 2.05) is 0 Å². The molecule has 98 valence electrons. The van der Waals surface area contributed by atoms with Gasteiger partial charge in [-0.15, -0.1) is 0 Å². The fourth-order valence-electron chi connectivity index (χ4n) is 1.63. The summed E-state index contributed by atoms with van der Waals surface area (Å²) in [5, 5.41) is 12.9. The summed E-state index contributed by atoms with van der Waals surface area (Å²) in [5.41, 5.74) is 0. The molecular weight excluding hydrogens is 206 g/mol. The molecule has 0 saturated heterocycles. The molecule has 0 rings (SSSR count). The maximum absolute atomic E-state index is 9.47. The predicted molar refractivity (Wildman–Crippen MR) is 65.7 cm³/mol. The third-order valence-corrected chi connectivity index (χ3v) is 2.54. The summed E-state index contributed by atoms with van der Waals surface area (Å²) in [6.45, 7) is 4.14. The molecule has 4 nitrogen and oxygen atoms in total. The Hall–Kier alpha value is -0.160. The van der Waals surface area contributed by atoms with E-state index in [1.165, 1.54) is 12.8 Å². The van der Waals surface area contributed by atoms with Crippen molar-refractivity contribution in [2.45, 2.75) is 44.8 Å². The van der Waals surface area contributed by atoms with Crippen LogP contribution in [0.4, 0.5) is 0 Å². The van der Waals surface area contributed by atoms with Gasteiger partial charge in [0.25, 0.3) is 0 Å². The highest BCUT2D eigenvalue weighted by molar-refractivity contribution is 4.67. The second kappa shape index (κ2) is 11.3. The molecule has 4 heteroatoms. The van der Waals surface area contributed by atoms with E-state index < -0.39 is 0 Å². The summed E-state index contributed by atoms with van der Waals surface area (Å²) in [6, 6.07) is 0.402. The highest BCUT2D eigenvalue weighted by atomic mass is 16.5. The second-order valence-corrected chi connectivity index (χ2v) is 4.15. The smallest absolute Gasteiger partial charge is 0.0785 e. The lowest BCUT2D eigenvalue weighted by molar-refractivity contribution is 0.0579. The van der Waals surface area contributed by atoms with Crippen molar-refractivity contribution in [2.24, 2.45) is 0 Å². The first-order valence-electron chi connectivity index (χ1n) is 6.13. The minimum absolute atomic E-state index is 0.369. The zero-order valence-electron chi connectivity index (χ0n) is 10.9. The lowest BCUT2D eigenvalue weighted by Crippen LogP contribution is -2.35. The third-order valence-electron chi connectivity index (χ3n) is 2.54. The third kappa shape index (κ3) is 9.09. The van der Waals surface area contributed by atoms with Crippen LogP contribution in [0.25, 0.3) is 0 Å². The lowest BCUT2D eigenvalue weighted by atomic mass is 10.1. The molecule has 16 heavy (non-hydrogen) atoms. The summed E-state index contributed by atoms with van der Waals surface area (Å²) in [5.74, 6) is 0. The molecule has 0 aromatic carbocycles. The van der Waals surface area contributed by atoms with Gasteiger partial charge in [-0.05, 0) is 19.4 Å². The van der Waals surface area contributed by atoms with Gasteiger partial charge in [0.2, 0.25) is 0 Å². The Morgan fingerprint density at radius 1 is 1.12 bits per heavy atom. The van der Waals surface area contributed by atoms with Crippen molar-refractivity contribution >= 4 is 0 Å². The van der Waals surface area contributed by atoms with Crippen LogP contribution in [-0.4, -0.2) is 51.2 Å². The van der Waals surface area contributed by atoms with Crippen molar-refractivity contribution in [1.82, 2.24) is 5.32 Å². The zero-order chi connectivity index (χ0) is 12.2. The van der Waals surface area contributed by atoms with Crippen LogP contribution < -0.4 is 5.32 Å². The van der Waals surface area contributed by atoms with Crippen molar-refractivity contribution in [2.75, 3.05) is 34.0 Å². The van der Waals surface area contributed by atoms with Crippen LogP contribution in [-0.2, 0) is 9.47 Å². The normalized spacial score (nSPS) is 15.0. The Kier molecular flexibility index (Phi) is 11.2. The van der Waals surface area contributed by atoms with E-state index in [4.69, 9.17) is 9.47 Å². The number of hydrogen-bond acceptors (Lipinski definition) is 4. The van der Waals surface area contributed by atoms with Gasteiger partial charge >= 0.3 is 0 Å². The monoisotopic (exact) mass is 233 g/mol. The Bertz CT molecular complexity index is 144. The Morgan fingerprint density at radius 3 is 2.38 bits per heavy atom. The molecule has 0 spiro atoms. The summed E-state index contributed by atoms with van der Waals surface area (Å²) in [4.78, 5) is 0. The number of ether oxygens (including phenoxy) is 2. The van der Waals surface area contributed by atoms with Crippen molar-refractivity contribution in [3.8, 4) is 0 Å². The molecule has 2 unspecified atom stereocenters. The summed E-state index contributed by atoms with van der Waals surface area (Å²) >= 11 is 0. The topological polar surface area (TPSA) is 50.7 Å². The van der Waals surface area contributed by atoms with Gasteiger partial charge in [0, 0.05) is 20.3 Å². The second-order valence-electron chi connectivity index (χ2n) is 4.15. The number of methoxy groups -OCH3 is 2. The van der Waals surface area contributed by atoms with E-state index in [0.29, 0.717) is 12.6 Å². The van der Waals surface area contributed by atoms with Gasteiger partial charge in [0.05, 0.1) is 19.3 Å². The lowest BCUT2D eigenvalue weighted by Gasteiger charge is -2.18. The number of hydrogen-bond donors (Lipinski definition) is 2. The van der Waals surface area contributed by atoms with Crippen molar-refractivity contribution in [3.63, 3.8) is 0 Å². The molecule has 0 fully saturated rings. The van der Waals surface area contributed by atoms with Crippen LogP contribution in [0.5, 0.6) is 0 Å². The summed E-state index contributed by atoms with van der Waals surface area (Å²) in [6.07, 6.45) is 3.90. The molecule has 0 aromatic heterocycles. The predicted octanol–water partition coefficient (Wildman–Crippen LogP) is 1.18. The molecule has 0 amide bonds. The van der Waals surface area contributed by atoms with Crippen LogP contribution >= 0.6 is 0 Å². The first-order chi connectivity index (χ1) is 7.74. The first kappa shape index (κ1) is 15.8. The van der Waals surface area contributed by atoms with Crippen LogP contribution in [0.1, 0.15) is 32.6 Å². The Labute approximate surface area is 99.3 Å². The maximum atomic E-state index is 9.47. The highest BCUT2D eigenvalue weighted by Crippen LogP contribution is 2.01. The van der Waals surface area contributed by atoms with Crippen molar-refractivity contribution in [1.29, 1.82) is 0 Å². The van der Waals surface area contributed by atoms with E-state index >= 15 is 0 Å². The molecule has 0 bridgehead atoms. The van der Waals surface area contributed by atoms with E-state index in [1.54, 1.807) is 14.2 Å². The highest BCUT2D eigenvalue weighted by Gasteiger charge is 2.08. The average molecular weight is 233 g/mol. The number of unbranched alkanes of at least 4 members (excludes halogenated alkanes) is 1. The minimum Gasteiger partial charge on any atom is -0.391 e. The summed E-state index contributed by atoms with van der Waals surface area (Å²) < 4.78 is 10.0. The molecule has 0 heterocycles. The number of nitrogens with one attached hydrogen (secondary N) is 1. The summed E-state index contributed by atoms with van der Waals surface area (Å²) in [7, 11) is 3.33. The number of rotatable bonds is 11. The fraction of sp³-hybridized carbons (Fsp3) is 1.00. The molecule has 2 atom stereocenters. The van der Waals surface area contributed by atoms with Gasteiger partial charge in [-0.2, -0.15) is 0 Å². The molecule has 2 N–H and O–H groups in total. The van der Waals surface area contributed by atoms with E-state index in [2.05, 4.69) is 12.2 Å². The van der Waals surface area contributed by atoms with Gasteiger partial charge in [0.15, 0.2) is 0 Å². The van der Waals surface area contributed by atoms with Crippen molar-refractivity contribution < 1.29 is 14.6 Å². The van der Waals surface area contributed by atoms with E-state index in [-0.39, 0.29) is 6.10 Å². The average Bonchev–Trinajstić information content (AvgIpc) is 2.26. The largest absolute Gasteiger partial charge is 0.391 e. The fourth-order valence-corrected chi connectivity index (χ4v) is 1.63. The first-order valence-corrected chi connectivity index (χ1v) is 6.13. The number of aliphatic hydroxyl groups excluding tert-OH is 1. The van der Waals surface area contributed by atoms with Crippen LogP contribution in [0.15, 0.2) is 0 Å². The molecule has 0 aromatic rings. The zero-order valence-corrected chi connectivity index (χ0v) is 10.9. The minimum atomic E-state index is -0.369. The van der Waals surface area contributed by atoms with Gasteiger partial charge < -0.3 is 19.9 Å². The Morgan fingerprint density at radius 2 is 1.81 bits per heavy atom. The molecule has 0 aliphatic rings. The molecule has 0 radical (unpaired) electrons. The SMILES string of the molecule is CCCCC(COC)NCCC(O)COC. The van der Waals surface area contributed by atoms with Gasteiger partial charge in [-0.3, -0.25) is 0 Å². The standard InChI is InChI=1S/C12H27NO3/c1-4-5-6-11(9-15-2)13-8-7-12(14)10-16-3/h11-14H,4-10H2,1-3H3. The van der Waals surface area contributed by atoms with Gasteiger partial charge in [-0.1, -0.05) is 19.8 Å². The van der Waals surface area contributed by atoms with E-state index in [0.717, 1.165) is 26.0 Å². The van der Waals surface area contributed by atoms with Crippen molar-refractivity contribution in [3.05, 3.63) is 0 Å². The molecule has 0 aliphatic heterocycles.